The summed E-state index contributed by atoms with van der Waals surface area (Å²) in [6.07, 6.45) is 1.80. The highest BCUT2D eigenvalue weighted by Crippen LogP contribution is 2.36. The number of aromatic nitrogens is 4. The van der Waals surface area contributed by atoms with E-state index in [0.29, 0.717) is 6.04 Å². The van der Waals surface area contributed by atoms with E-state index >= 15 is 0 Å². The number of aryl methyl sites for hydroxylation is 1. The van der Waals surface area contributed by atoms with Crippen LogP contribution in [-0.4, -0.2) is 56.7 Å². The van der Waals surface area contributed by atoms with E-state index in [4.69, 9.17) is 10.1 Å². The van der Waals surface area contributed by atoms with E-state index in [2.05, 4.69) is 28.6 Å². The number of nitrogens with zero attached hydrogens (tertiary/aromatic N) is 6. The second-order valence-corrected chi connectivity index (χ2v) is 9.13. The lowest BCUT2D eigenvalue weighted by Crippen LogP contribution is -2.48. The van der Waals surface area contributed by atoms with Crippen molar-refractivity contribution in [1.29, 1.82) is 0 Å². The van der Waals surface area contributed by atoms with Gasteiger partial charge in [0.05, 0.1) is 0 Å². The molecule has 0 spiro atoms. The number of pyridine rings is 1. The second kappa shape index (κ2) is 8.01. The van der Waals surface area contributed by atoms with Gasteiger partial charge < -0.3 is 4.90 Å². The first kappa shape index (κ1) is 20.1. The average molecular weight is 437 g/mol. The Balaban J connectivity index is 1.58. The molecule has 0 saturated carbocycles. The van der Waals surface area contributed by atoms with Crippen molar-refractivity contribution in [1.82, 2.24) is 24.5 Å². The fourth-order valence-electron chi connectivity index (χ4n) is 4.06. The van der Waals surface area contributed by atoms with Crippen LogP contribution in [0.15, 0.2) is 42.6 Å². The Bertz CT molecular complexity index is 1200. The minimum Gasteiger partial charge on any atom is -0.344 e. The van der Waals surface area contributed by atoms with Crippen molar-refractivity contribution in [2.24, 2.45) is 0 Å². The van der Waals surface area contributed by atoms with Gasteiger partial charge in [-0.25, -0.2) is 13.9 Å². The summed E-state index contributed by atoms with van der Waals surface area (Å²) in [6, 6.07) is 11.1. The molecule has 0 unspecified atom stereocenters. The predicted molar refractivity (Wildman–Crippen MR) is 123 cm³/mol. The summed E-state index contributed by atoms with van der Waals surface area (Å²) in [5.74, 6) is -0.257. The van der Waals surface area contributed by atoms with Crippen LogP contribution in [0.5, 0.6) is 0 Å². The van der Waals surface area contributed by atoms with Crippen LogP contribution in [0.1, 0.15) is 19.5 Å². The Morgan fingerprint density at radius 2 is 1.74 bits per heavy atom. The Labute approximate surface area is 185 Å². The lowest BCUT2D eigenvalue weighted by atomic mass is 10.1. The summed E-state index contributed by atoms with van der Waals surface area (Å²) in [4.78, 5) is 14.9. The molecule has 5 rings (SSSR count). The molecule has 0 amide bonds. The molecule has 0 aliphatic carbocycles. The number of piperazine rings is 1. The van der Waals surface area contributed by atoms with Gasteiger partial charge in [0.25, 0.3) is 0 Å². The summed E-state index contributed by atoms with van der Waals surface area (Å²) < 4.78 is 15.4. The van der Waals surface area contributed by atoms with Gasteiger partial charge in [0.2, 0.25) is 10.1 Å². The lowest BCUT2D eigenvalue weighted by Gasteiger charge is -2.36. The molecule has 1 fully saturated rings. The third-order valence-corrected chi connectivity index (χ3v) is 6.76. The van der Waals surface area contributed by atoms with Crippen molar-refractivity contribution in [3.05, 3.63) is 54.1 Å². The van der Waals surface area contributed by atoms with Gasteiger partial charge in [0, 0.05) is 55.2 Å². The topological polar surface area (TPSA) is 49.6 Å². The van der Waals surface area contributed by atoms with Crippen molar-refractivity contribution >= 4 is 21.4 Å². The van der Waals surface area contributed by atoms with Crippen molar-refractivity contribution in [3.8, 4) is 22.5 Å². The number of rotatable bonds is 4. The molecule has 4 heterocycles. The molecule has 31 heavy (non-hydrogen) atoms. The van der Waals surface area contributed by atoms with Gasteiger partial charge in [-0.2, -0.15) is 0 Å². The van der Waals surface area contributed by atoms with Crippen molar-refractivity contribution < 1.29 is 4.39 Å². The molecule has 4 aromatic rings. The standard InChI is InChI=1S/C23H25FN6S/c1-15(2)28-10-12-29(13-11-28)23-27-30-21(18-8-9-25-16(3)14-18)20(26-22(30)31-23)17-4-6-19(24)7-5-17/h4-9,14-15H,10-13H2,1-3H3. The number of hydrogen-bond acceptors (Lipinski definition) is 6. The van der Waals surface area contributed by atoms with E-state index in [-0.39, 0.29) is 5.82 Å². The number of halogens is 1. The van der Waals surface area contributed by atoms with E-state index in [1.807, 2.05) is 23.6 Å². The zero-order valence-electron chi connectivity index (χ0n) is 17.9. The second-order valence-electron chi connectivity index (χ2n) is 8.20. The lowest BCUT2D eigenvalue weighted by molar-refractivity contribution is 0.209. The van der Waals surface area contributed by atoms with E-state index < -0.39 is 0 Å². The predicted octanol–water partition coefficient (Wildman–Crippen LogP) is 4.50. The molecule has 0 bridgehead atoms. The largest absolute Gasteiger partial charge is 0.344 e. The highest BCUT2D eigenvalue weighted by Gasteiger charge is 2.25. The monoisotopic (exact) mass is 436 g/mol. The fourth-order valence-corrected chi connectivity index (χ4v) is 5.01. The van der Waals surface area contributed by atoms with Crippen molar-refractivity contribution in [2.45, 2.75) is 26.8 Å². The molecule has 3 aromatic heterocycles. The molecule has 0 N–H and O–H groups in total. The quantitative estimate of drug-likeness (QED) is 0.472. The molecule has 8 heteroatoms. The van der Waals surface area contributed by atoms with Gasteiger partial charge in [-0.3, -0.25) is 9.88 Å². The van der Waals surface area contributed by atoms with Crippen molar-refractivity contribution in [3.63, 3.8) is 0 Å². The minimum atomic E-state index is -0.257. The number of hydrogen-bond donors (Lipinski definition) is 0. The van der Waals surface area contributed by atoms with E-state index in [9.17, 15) is 4.39 Å². The summed E-state index contributed by atoms with van der Waals surface area (Å²) in [7, 11) is 0. The number of anilines is 1. The maximum atomic E-state index is 13.5. The molecule has 1 saturated heterocycles. The van der Waals surface area contributed by atoms with Crippen LogP contribution in [0.2, 0.25) is 0 Å². The normalized spacial score (nSPS) is 15.3. The SMILES string of the molecule is Cc1cc(-c2c(-c3ccc(F)cc3)nc3sc(N4CCN(C(C)C)CC4)nn23)ccn1. The van der Waals surface area contributed by atoms with E-state index in [0.717, 1.165) is 64.5 Å². The Morgan fingerprint density at radius 3 is 2.42 bits per heavy atom. The number of benzene rings is 1. The van der Waals surface area contributed by atoms with Crippen molar-refractivity contribution in [2.75, 3.05) is 31.1 Å². The summed E-state index contributed by atoms with van der Waals surface area (Å²) in [6.45, 7) is 10.5. The van der Waals surface area contributed by atoms with Gasteiger partial charge in [-0.1, -0.05) is 11.3 Å². The van der Waals surface area contributed by atoms with Crippen LogP contribution in [-0.2, 0) is 0 Å². The average Bonchev–Trinajstić information content (AvgIpc) is 3.32. The molecular formula is C23H25FN6S. The fraction of sp³-hybridized carbons (Fsp3) is 0.348. The highest BCUT2D eigenvalue weighted by molar-refractivity contribution is 7.20. The molecule has 0 atom stereocenters. The summed E-state index contributed by atoms with van der Waals surface area (Å²) >= 11 is 1.60. The van der Waals surface area contributed by atoms with Gasteiger partial charge >= 0.3 is 0 Å². The molecule has 1 aromatic carbocycles. The number of fused-ring (bicyclic) bond motifs is 1. The van der Waals surface area contributed by atoms with Gasteiger partial charge in [-0.15, -0.1) is 5.10 Å². The molecule has 160 valence electrons. The van der Waals surface area contributed by atoms with Crippen LogP contribution in [0.3, 0.4) is 0 Å². The first-order valence-corrected chi connectivity index (χ1v) is 11.4. The molecular weight excluding hydrogens is 411 g/mol. The smallest absolute Gasteiger partial charge is 0.215 e. The van der Waals surface area contributed by atoms with Crippen LogP contribution >= 0.6 is 11.3 Å². The van der Waals surface area contributed by atoms with Gasteiger partial charge in [0.1, 0.15) is 17.2 Å². The minimum absolute atomic E-state index is 0.257. The van der Waals surface area contributed by atoms with Crippen LogP contribution in [0.4, 0.5) is 9.52 Å². The van der Waals surface area contributed by atoms with Crippen LogP contribution < -0.4 is 4.90 Å². The maximum Gasteiger partial charge on any atom is 0.215 e. The zero-order chi connectivity index (χ0) is 21.5. The molecule has 0 radical (unpaired) electrons. The summed E-state index contributed by atoms with van der Waals surface area (Å²) in [5.41, 5.74) is 4.52. The molecule has 1 aliphatic rings. The van der Waals surface area contributed by atoms with E-state index in [1.54, 1.807) is 29.7 Å². The van der Waals surface area contributed by atoms with Crippen LogP contribution in [0.25, 0.3) is 27.5 Å². The molecule has 1 aliphatic heterocycles. The maximum absolute atomic E-state index is 13.5. The Hall–Kier alpha value is -2.84. The number of imidazole rings is 1. The van der Waals surface area contributed by atoms with Crippen LogP contribution in [0, 0.1) is 12.7 Å². The van der Waals surface area contributed by atoms with E-state index in [1.165, 1.54) is 12.1 Å². The van der Waals surface area contributed by atoms with Gasteiger partial charge in [0.15, 0.2) is 0 Å². The zero-order valence-corrected chi connectivity index (χ0v) is 18.7. The Kier molecular flexibility index (Phi) is 5.19. The third-order valence-electron chi connectivity index (χ3n) is 5.80. The van der Waals surface area contributed by atoms with Gasteiger partial charge in [-0.05, 0) is 57.2 Å². The highest BCUT2D eigenvalue weighted by atomic mass is 32.1. The Morgan fingerprint density at radius 1 is 1.00 bits per heavy atom. The third kappa shape index (κ3) is 3.81. The summed E-state index contributed by atoms with van der Waals surface area (Å²) in [5, 5.41) is 5.95. The first-order chi connectivity index (χ1) is 15.0. The molecule has 6 nitrogen and oxygen atoms in total. The first-order valence-electron chi connectivity index (χ1n) is 10.6.